The van der Waals surface area contributed by atoms with E-state index in [2.05, 4.69) is 9.97 Å². The van der Waals surface area contributed by atoms with Crippen molar-refractivity contribution in [1.82, 2.24) is 9.97 Å². The number of aromatic nitrogens is 2. The number of benzene rings is 1. The first kappa shape index (κ1) is 11.9. The molecule has 0 spiro atoms. The fourth-order valence-corrected chi connectivity index (χ4v) is 2.05. The number of hydrogen-bond donors (Lipinski definition) is 1. The molecular weight excluding hydrogens is 235 g/mol. The first-order chi connectivity index (χ1) is 7.97. The molecule has 0 amide bonds. The van der Waals surface area contributed by atoms with Gasteiger partial charge in [-0.15, -0.1) is 0 Å². The van der Waals surface area contributed by atoms with Crippen molar-refractivity contribution >= 4 is 12.2 Å². The van der Waals surface area contributed by atoms with Crippen LogP contribution in [0.1, 0.15) is 17.0 Å². The van der Waals surface area contributed by atoms with Gasteiger partial charge in [-0.25, -0.2) is 9.37 Å². The Morgan fingerprint density at radius 3 is 2.53 bits per heavy atom. The molecule has 2 aromatic rings. The molecule has 1 heterocycles. The quantitative estimate of drug-likeness (QED) is 0.776. The van der Waals surface area contributed by atoms with Crippen molar-refractivity contribution in [2.45, 2.75) is 20.8 Å². The van der Waals surface area contributed by atoms with Crippen molar-refractivity contribution in [3.05, 3.63) is 45.6 Å². The first-order valence-corrected chi connectivity index (χ1v) is 5.73. The number of aryl methyl sites for hydroxylation is 2. The maximum atomic E-state index is 13.4. The van der Waals surface area contributed by atoms with Crippen molar-refractivity contribution in [2.75, 3.05) is 0 Å². The second kappa shape index (κ2) is 4.37. The number of aromatic amines is 1. The summed E-state index contributed by atoms with van der Waals surface area (Å²) in [5.41, 5.74) is 3.39. The largest absolute Gasteiger partial charge is 0.343 e. The van der Waals surface area contributed by atoms with Gasteiger partial charge in [0.1, 0.15) is 16.3 Å². The summed E-state index contributed by atoms with van der Waals surface area (Å²) in [6.45, 7) is 5.59. The number of hydrogen-bond acceptors (Lipinski definition) is 2. The van der Waals surface area contributed by atoms with Crippen LogP contribution in [-0.2, 0) is 0 Å². The van der Waals surface area contributed by atoms with E-state index < -0.39 is 0 Å². The molecule has 0 unspecified atom stereocenters. The Bertz CT molecular complexity index is 612. The average Bonchev–Trinajstić information content (AvgIpc) is 2.22. The topological polar surface area (TPSA) is 28.7 Å². The van der Waals surface area contributed by atoms with E-state index >= 15 is 0 Å². The highest BCUT2D eigenvalue weighted by Gasteiger charge is 2.07. The van der Waals surface area contributed by atoms with Crippen molar-refractivity contribution < 1.29 is 4.39 Å². The summed E-state index contributed by atoms with van der Waals surface area (Å²) in [6, 6.07) is 4.93. The number of H-pyrrole nitrogens is 1. The highest BCUT2D eigenvalue weighted by Crippen LogP contribution is 2.23. The molecular formula is C13H13FN2S. The van der Waals surface area contributed by atoms with Gasteiger partial charge >= 0.3 is 0 Å². The van der Waals surface area contributed by atoms with Gasteiger partial charge in [0.15, 0.2) is 0 Å². The van der Waals surface area contributed by atoms with Gasteiger partial charge in [0.2, 0.25) is 0 Å². The van der Waals surface area contributed by atoms with E-state index in [1.165, 1.54) is 12.1 Å². The summed E-state index contributed by atoms with van der Waals surface area (Å²) in [4.78, 5) is 7.31. The molecule has 0 saturated heterocycles. The Balaban J connectivity index is 2.72. The predicted octanol–water partition coefficient (Wildman–Crippen LogP) is 3.87. The molecule has 0 fully saturated rings. The lowest BCUT2D eigenvalue weighted by molar-refractivity contribution is 0.627. The second-order valence-corrected chi connectivity index (χ2v) is 4.53. The van der Waals surface area contributed by atoms with Gasteiger partial charge in [-0.05, 0) is 44.5 Å². The fourth-order valence-electron chi connectivity index (χ4n) is 1.82. The highest BCUT2D eigenvalue weighted by molar-refractivity contribution is 7.71. The van der Waals surface area contributed by atoms with Crippen LogP contribution in [0.25, 0.3) is 11.3 Å². The van der Waals surface area contributed by atoms with Gasteiger partial charge in [-0.1, -0.05) is 12.2 Å². The van der Waals surface area contributed by atoms with Crippen LogP contribution in [0, 0.1) is 31.2 Å². The smallest absolute Gasteiger partial charge is 0.133 e. The van der Waals surface area contributed by atoms with Crippen LogP contribution >= 0.6 is 12.2 Å². The van der Waals surface area contributed by atoms with E-state index in [0.717, 1.165) is 28.2 Å². The third-order valence-electron chi connectivity index (χ3n) is 2.60. The molecule has 2 rings (SSSR count). The summed E-state index contributed by atoms with van der Waals surface area (Å²) in [7, 11) is 0. The van der Waals surface area contributed by atoms with Crippen LogP contribution in [0.3, 0.4) is 0 Å². The average molecular weight is 248 g/mol. The molecule has 2 nitrogen and oxygen atoms in total. The van der Waals surface area contributed by atoms with E-state index in [4.69, 9.17) is 12.2 Å². The molecule has 1 aromatic carbocycles. The lowest BCUT2D eigenvalue weighted by atomic mass is 10.1. The summed E-state index contributed by atoms with van der Waals surface area (Å²) >= 11 is 5.17. The van der Waals surface area contributed by atoms with Crippen molar-refractivity contribution in [1.29, 1.82) is 0 Å². The zero-order valence-electron chi connectivity index (χ0n) is 9.97. The summed E-state index contributed by atoms with van der Waals surface area (Å²) in [6.07, 6.45) is 0. The maximum absolute atomic E-state index is 13.4. The minimum absolute atomic E-state index is 0.242. The normalized spacial score (nSPS) is 10.6. The number of halogens is 1. The summed E-state index contributed by atoms with van der Waals surface area (Å²) in [5, 5.41) is 0. The van der Waals surface area contributed by atoms with Crippen LogP contribution in [0.2, 0.25) is 0 Å². The molecule has 1 aromatic heterocycles. The highest BCUT2D eigenvalue weighted by atomic mass is 32.1. The van der Waals surface area contributed by atoms with E-state index in [1.54, 1.807) is 0 Å². The van der Waals surface area contributed by atoms with Gasteiger partial charge in [0.05, 0.1) is 5.69 Å². The number of nitrogens with zero attached hydrogens (tertiary/aromatic N) is 1. The second-order valence-electron chi connectivity index (χ2n) is 4.14. The lowest BCUT2D eigenvalue weighted by Gasteiger charge is -2.08. The molecule has 0 aliphatic carbocycles. The van der Waals surface area contributed by atoms with Crippen molar-refractivity contribution in [2.24, 2.45) is 0 Å². The van der Waals surface area contributed by atoms with Gasteiger partial charge in [-0.3, -0.25) is 0 Å². The van der Waals surface area contributed by atoms with Crippen LogP contribution in [0.4, 0.5) is 4.39 Å². The molecule has 1 N–H and O–H groups in total. The van der Waals surface area contributed by atoms with Crippen LogP contribution in [0.5, 0.6) is 0 Å². The lowest BCUT2D eigenvalue weighted by Crippen LogP contribution is -1.97. The Labute approximate surface area is 105 Å². The standard InChI is InChI=1S/C13H13FN2S/c1-7-4-10(6-11(14)5-7)12-8(2)13(17)16-9(3)15-12/h4-6H,1-3H3,(H,15,16,17). The number of rotatable bonds is 1. The fraction of sp³-hybridized carbons (Fsp3) is 0.231. The predicted molar refractivity (Wildman–Crippen MR) is 69.0 cm³/mol. The Morgan fingerprint density at radius 2 is 1.88 bits per heavy atom. The third kappa shape index (κ3) is 2.42. The van der Waals surface area contributed by atoms with E-state index in [1.807, 2.05) is 26.8 Å². The first-order valence-electron chi connectivity index (χ1n) is 5.32. The Hall–Kier alpha value is -1.55. The van der Waals surface area contributed by atoms with Crippen molar-refractivity contribution in [3.63, 3.8) is 0 Å². The molecule has 0 atom stereocenters. The van der Waals surface area contributed by atoms with Gasteiger partial charge in [0, 0.05) is 11.1 Å². The van der Waals surface area contributed by atoms with Crippen molar-refractivity contribution in [3.8, 4) is 11.3 Å². The summed E-state index contributed by atoms with van der Waals surface area (Å²) in [5.74, 6) is 0.491. The Morgan fingerprint density at radius 1 is 1.18 bits per heavy atom. The summed E-state index contributed by atoms with van der Waals surface area (Å²) < 4.78 is 13.9. The molecule has 4 heteroatoms. The maximum Gasteiger partial charge on any atom is 0.133 e. The molecule has 88 valence electrons. The molecule has 0 aliphatic heterocycles. The zero-order chi connectivity index (χ0) is 12.6. The molecule has 0 bridgehead atoms. The van der Waals surface area contributed by atoms with Crippen LogP contribution in [0.15, 0.2) is 18.2 Å². The minimum atomic E-state index is -0.242. The van der Waals surface area contributed by atoms with Crippen LogP contribution in [-0.4, -0.2) is 9.97 Å². The van der Waals surface area contributed by atoms with Gasteiger partial charge in [0.25, 0.3) is 0 Å². The number of nitrogens with one attached hydrogen (secondary N) is 1. The minimum Gasteiger partial charge on any atom is -0.343 e. The molecule has 17 heavy (non-hydrogen) atoms. The zero-order valence-corrected chi connectivity index (χ0v) is 10.8. The monoisotopic (exact) mass is 248 g/mol. The van der Waals surface area contributed by atoms with Gasteiger partial charge < -0.3 is 4.98 Å². The van der Waals surface area contributed by atoms with E-state index in [9.17, 15) is 4.39 Å². The van der Waals surface area contributed by atoms with Crippen LogP contribution < -0.4 is 0 Å². The molecule has 0 radical (unpaired) electrons. The third-order valence-corrected chi connectivity index (χ3v) is 3.00. The molecule has 0 aliphatic rings. The van der Waals surface area contributed by atoms with E-state index in [0.29, 0.717) is 4.64 Å². The Kier molecular flexibility index (Phi) is 3.07. The van der Waals surface area contributed by atoms with Gasteiger partial charge in [-0.2, -0.15) is 0 Å². The van der Waals surface area contributed by atoms with E-state index in [-0.39, 0.29) is 5.82 Å². The molecule has 0 saturated carbocycles. The SMILES string of the molecule is Cc1cc(F)cc(-c2[nH]c(C)nc(=S)c2C)c1.